The van der Waals surface area contributed by atoms with E-state index in [4.69, 9.17) is 0 Å². The van der Waals surface area contributed by atoms with Crippen LogP contribution in [0.25, 0.3) is 11.3 Å². The molecule has 0 saturated carbocycles. The number of hydrogen-bond acceptors (Lipinski definition) is 3. The van der Waals surface area contributed by atoms with Gasteiger partial charge in [0.15, 0.2) is 0 Å². The minimum absolute atomic E-state index is 0.0418. The lowest BCUT2D eigenvalue weighted by atomic mass is 9.90. The Balaban J connectivity index is 1.52. The van der Waals surface area contributed by atoms with Crippen molar-refractivity contribution in [2.24, 2.45) is 0 Å². The van der Waals surface area contributed by atoms with E-state index < -0.39 is 0 Å². The van der Waals surface area contributed by atoms with Crippen molar-refractivity contribution in [3.05, 3.63) is 71.9 Å². The van der Waals surface area contributed by atoms with E-state index in [0.29, 0.717) is 29.4 Å². The van der Waals surface area contributed by atoms with Gasteiger partial charge in [0.25, 0.3) is 5.91 Å². The summed E-state index contributed by atoms with van der Waals surface area (Å²) in [6, 6.07) is 19.1. The molecule has 1 aliphatic heterocycles. The maximum absolute atomic E-state index is 12.9. The fourth-order valence-electron chi connectivity index (χ4n) is 3.59. The molecule has 0 bridgehead atoms. The molecule has 5 heteroatoms. The lowest BCUT2D eigenvalue weighted by molar-refractivity contribution is 0.0701. The van der Waals surface area contributed by atoms with Crippen molar-refractivity contribution < 1.29 is 9.90 Å². The summed E-state index contributed by atoms with van der Waals surface area (Å²) in [5.74, 6) is 0.481. The third-order valence-corrected chi connectivity index (χ3v) is 4.97. The number of carbonyl (C=O) groups is 1. The highest BCUT2D eigenvalue weighted by molar-refractivity contribution is 5.93. The zero-order valence-electron chi connectivity index (χ0n) is 14.4. The number of benzene rings is 2. The summed E-state index contributed by atoms with van der Waals surface area (Å²) in [5, 5.41) is 17.0. The second-order valence-corrected chi connectivity index (χ2v) is 6.69. The number of aromatic hydroxyl groups is 1. The van der Waals surface area contributed by atoms with Gasteiger partial charge >= 0.3 is 0 Å². The normalized spacial score (nSPS) is 17.2. The fourth-order valence-corrected chi connectivity index (χ4v) is 3.59. The van der Waals surface area contributed by atoms with Gasteiger partial charge in [-0.15, -0.1) is 0 Å². The van der Waals surface area contributed by atoms with Gasteiger partial charge in [-0.1, -0.05) is 42.5 Å². The Bertz CT molecular complexity index is 904. The summed E-state index contributed by atoms with van der Waals surface area (Å²) < 4.78 is 0. The predicted molar refractivity (Wildman–Crippen MR) is 100 cm³/mol. The van der Waals surface area contributed by atoms with E-state index in [0.717, 1.165) is 19.4 Å². The number of hydrogen-bond donors (Lipinski definition) is 2. The minimum Gasteiger partial charge on any atom is -0.507 e. The lowest BCUT2D eigenvalue weighted by Crippen LogP contribution is -2.39. The van der Waals surface area contributed by atoms with Crippen molar-refractivity contribution in [1.29, 1.82) is 0 Å². The quantitative estimate of drug-likeness (QED) is 0.757. The van der Waals surface area contributed by atoms with Crippen LogP contribution in [0.1, 0.15) is 34.8 Å². The highest BCUT2D eigenvalue weighted by Gasteiger charge is 2.26. The molecule has 1 atom stereocenters. The van der Waals surface area contributed by atoms with E-state index in [1.54, 1.807) is 24.3 Å². The van der Waals surface area contributed by atoms with Crippen LogP contribution < -0.4 is 0 Å². The first-order chi connectivity index (χ1) is 12.7. The van der Waals surface area contributed by atoms with Crippen LogP contribution in [0.4, 0.5) is 0 Å². The molecule has 1 aliphatic rings. The first-order valence-electron chi connectivity index (χ1n) is 8.90. The summed E-state index contributed by atoms with van der Waals surface area (Å²) in [4.78, 5) is 14.8. The van der Waals surface area contributed by atoms with Crippen LogP contribution in [0.2, 0.25) is 0 Å². The van der Waals surface area contributed by atoms with Crippen LogP contribution >= 0.6 is 0 Å². The number of para-hydroxylation sites is 1. The monoisotopic (exact) mass is 347 g/mol. The van der Waals surface area contributed by atoms with Crippen molar-refractivity contribution in [2.45, 2.75) is 18.8 Å². The smallest absolute Gasteiger partial charge is 0.271 e. The Morgan fingerprint density at radius 2 is 1.88 bits per heavy atom. The van der Waals surface area contributed by atoms with E-state index in [9.17, 15) is 9.90 Å². The van der Waals surface area contributed by atoms with Gasteiger partial charge in [-0.05, 0) is 36.6 Å². The van der Waals surface area contributed by atoms with Crippen molar-refractivity contribution in [3.8, 4) is 17.0 Å². The molecule has 1 saturated heterocycles. The predicted octanol–water partition coefficient (Wildman–Crippen LogP) is 3.80. The summed E-state index contributed by atoms with van der Waals surface area (Å²) in [5.41, 5.74) is 2.92. The molecular formula is C21H21N3O2. The third kappa shape index (κ3) is 3.20. The van der Waals surface area contributed by atoms with E-state index in [1.807, 2.05) is 29.2 Å². The number of phenols is 1. The molecule has 1 aromatic heterocycles. The molecule has 3 aromatic rings. The van der Waals surface area contributed by atoms with Crippen LogP contribution in [-0.4, -0.2) is 39.2 Å². The number of H-pyrrole nitrogens is 1. The molecule has 5 nitrogen and oxygen atoms in total. The van der Waals surface area contributed by atoms with Crippen LogP contribution in [0.5, 0.6) is 5.75 Å². The van der Waals surface area contributed by atoms with Crippen LogP contribution in [0, 0.1) is 0 Å². The number of carbonyl (C=O) groups excluding carboxylic acids is 1. The molecule has 1 fully saturated rings. The zero-order valence-corrected chi connectivity index (χ0v) is 14.4. The summed E-state index contributed by atoms with van der Waals surface area (Å²) >= 11 is 0. The number of piperidine rings is 1. The maximum atomic E-state index is 12.9. The van der Waals surface area contributed by atoms with Crippen molar-refractivity contribution in [1.82, 2.24) is 15.1 Å². The Morgan fingerprint density at radius 1 is 1.12 bits per heavy atom. The van der Waals surface area contributed by atoms with Crippen LogP contribution in [-0.2, 0) is 0 Å². The van der Waals surface area contributed by atoms with Gasteiger partial charge in [0.1, 0.15) is 11.4 Å². The molecule has 0 spiro atoms. The standard InChI is InChI=1S/C21H21N3O2/c25-20-11-5-4-10-17(20)18-13-19(23-22-18)21(26)24-12-6-9-16(14-24)15-7-2-1-3-8-15/h1-5,7-8,10-11,13,16,25H,6,9,12,14H2,(H,22,23)/t16-/m0/s1. The molecule has 0 aliphatic carbocycles. The fraction of sp³-hybridized carbons (Fsp3) is 0.238. The Morgan fingerprint density at radius 3 is 2.69 bits per heavy atom. The number of amides is 1. The van der Waals surface area contributed by atoms with Crippen LogP contribution in [0.15, 0.2) is 60.7 Å². The van der Waals surface area contributed by atoms with E-state index in [2.05, 4.69) is 22.3 Å². The maximum Gasteiger partial charge on any atom is 0.271 e. The lowest BCUT2D eigenvalue weighted by Gasteiger charge is -2.32. The van der Waals surface area contributed by atoms with Gasteiger partial charge in [-0.3, -0.25) is 9.89 Å². The van der Waals surface area contributed by atoms with Crippen molar-refractivity contribution in [3.63, 3.8) is 0 Å². The minimum atomic E-state index is -0.0418. The Kier molecular flexibility index (Phi) is 4.44. The molecule has 2 aromatic carbocycles. The van der Waals surface area contributed by atoms with Gasteiger partial charge in [-0.2, -0.15) is 5.10 Å². The second-order valence-electron chi connectivity index (χ2n) is 6.69. The highest BCUT2D eigenvalue weighted by Crippen LogP contribution is 2.29. The number of aromatic amines is 1. The number of nitrogens with one attached hydrogen (secondary N) is 1. The molecule has 2 N–H and O–H groups in total. The number of rotatable bonds is 3. The topological polar surface area (TPSA) is 69.2 Å². The largest absolute Gasteiger partial charge is 0.507 e. The van der Waals surface area contributed by atoms with E-state index in [-0.39, 0.29) is 11.7 Å². The molecule has 26 heavy (non-hydrogen) atoms. The summed E-state index contributed by atoms with van der Waals surface area (Å²) in [6.45, 7) is 1.47. The first kappa shape index (κ1) is 16.4. The van der Waals surface area contributed by atoms with Gasteiger partial charge in [0.05, 0.1) is 5.69 Å². The number of nitrogens with zero attached hydrogens (tertiary/aromatic N) is 2. The Labute approximate surface area is 152 Å². The van der Waals surface area contributed by atoms with Crippen molar-refractivity contribution in [2.75, 3.05) is 13.1 Å². The van der Waals surface area contributed by atoms with Crippen LogP contribution in [0.3, 0.4) is 0 Å². The average Bonchev–Trinajstić information content (AvgIpc) is 3.18. The molecule has 2 heterocycles. The summed E-state index contributed by atoms with van der Waals surface area (Å²) in [7, 11) is 0. The number of likely N-dealkylation sites (tertiary alicyclic amines) is 1. The molecular weight excluding hydrogens is 326 g/mol. The van der Waals surface area contributed by atoms with E-state index in [1.165, 1.54) is 5.56 Å². The van der Waals surface area contributed by atoms with Gasteiger partial charge < -0.3 is 10.0 Å². The SMILES string of the molecule is O=C(c1cc(-c2ccccc2O)n[nH]1)N1CCC[C@H](c2ccccc2)C1. The Hall–Kier alpha value is -3.08. The number of aromatic nitrogens is 2. The van der Waals surface area contributed by atoms with Crippen molar-refractivity contribution >= 4 is 5.91 Å². The second kappa shape index (κ2) is 7.04. The third-order valence-electron chi connectivity index (χ3n) is 4.97. The molecule has 132 valence electrons. The molecule has 0 unspecified atom stereocenters. The average molecular weight is 347 g/mol. The van der Waals surface area contributed by atoms with Gasteiger partial charge in [0, 0.05) is 24.6 Å². The molecule has 4 rings (SSSR count). The number of phenolic OH excluding ortho intramolecular Hbond substituents is 1. The molecule has 0 radical (unpaired) electrons. The van der Waals surface area contributed by atoms with Gasteiger partial charge in [-0.25, -0.2) is 0 Å². The van der Waals surface area contributed by atoms with E-state index >= 15 is 0 Å². The summed E-state index contributed by atoms with van der Waals surface area (Å²) in [6.07, 6.45) is 2.09. The highest BCUT2D eigenvalue weighted by atomic mass is 16.3. The zero-order chi connectivity index (χ0) is 17.9. The first-order valence-corrected chi connectivity index (χ1v) is 8.90. The van der Waals surface area contributed by atoms with Gasteiger partial charge in [0.2, 0.25) is 0 Å². The molecule has 1 amide bonds.